The molecule has 0 aromatic carbocycles. The average molecular weight is 145 g/mol. The molecule has 0 saturated heterocycles. The SMILES string of the molecule is CC(C)[N+](C)(C)CN(C)C. The third-order valence-corrected chi connectivity index (χ3v) is 2.05. The Bertz CT molecular complexity index is 95.4. The van der Waals surface area contributed by atoms with Crippen LogP contribution in [-0.2, 0) is 0 Å². The first-order valence-electron chi connectivity index (χ1n) is 3.83. The van der Waals surface area contributed by atoms with Crippen LogP contribution in [0.3, 0.4) is 0 Å². The van der Waals surface area contributed by atoms with Crippen LogP contribution < -0.4 is 0 Å². The molecule has 0 aliphatic heterocycles. The third-order valence-electron chi connectivity index (χ3n) is 2.05. The van der Waals surface area contributed by atoms with Crippen LogP contribution >= 0.6 is 0 Å². The van der Waals surface area contributed by atoms with Gasteiger partial charge in [-0.05, 0) is 27.9 Å². The lowest BCUT2D eigenvalue weighted by molar-refractivity contribution is -0.920. The van der Waals surface area contributed by atoms with Gasteiger partial charge in [0, 0.05) is 0 Å². The first kappa shape index (κ1) is 9.92. The predicted octanol–water partition coefficient (Wildman–Crippen LogP) is 0.990. The largest absolute Gasteiger partial charge is 0.314 e. The molecule has 0 saturated carbocycles. The van der Waals surface area contributed by atoms with Crippen LogP contribution in [0, 0.1) is 0 Å². The summed E-state index contributed by atoms with van der Waals surface area (Å²) in [6, 6.07) is 0.697. The Morgan fingerprint density at radius 2 is 1.60 bits per heavy atom. The Balaban J connectivity index is 3.87. The van der Waals surface area contributed by atoms with Gasteiger partial charge in [0.1, 0.15) is 6.67 Å². The van der Waals surface area contributed by atoms with E-state index < -0.39 is 0 Å². The highest BCUT2D eigenvalue weighted by molar-refractivity contribution is 4.38. The summed E-state index contributed by atoms with van der Waals surface area (Å²) in [5.74, 6) is 0. The van der Waals surface area contributed by atoms with E-state index in [1.54, 1.807) is 0 Å². The summed E-state index contributed by atoms with van der Waals surface area (Å²) < 4.78 is 1.06. The molecule has 62 valence electrons. The number of hydrogen-bond donors (Lipinski definition) is 0. The highest BCUT2D eigenvalue weighted by Crippen LogP contribution is 2.04. The molecule has 0 radical (unpaired) electrons. The van der Waals surface area contributed by atoms with Crippen molar-refractivity contribution in [3.8, 4) is 0 Å². The zero-order valence-electron chi connectivity index (χ0n) is 8.18. The first-order valence-corrected chi connectivity index (χ1v) is 3.83. The maximum atomic E-state index is 2.25. The van der Waals surface area contributed by atoms with Gasteiger partial charge in [0.25, 0.3) is 0 Å². The van der Waals surface area contributed by atoms with Gasteiger partial charge >= 0.3 is 0 Å². The molecule has 0 fully saturated rings. The van der Waals surface area contributed by atoms with E-state index in [0.29, 0.717) is 6.04 Å². The van der Waals surface area contributed by atoms with E-state index >= 15 is 0 Å². The lowest BCUT2D eigenvalue weighted by Gasteiger charge is -2.36. The monoisotopic (exact) mass is 145 g/mol. The van der Waals surface area contributed by atoms with Gasteiger partial charge in [0.2, 0.25) is 0 Å². The number of quaternary nitrogens is 1. The zero-order chi connectivity index (χ0) is 8.36. The molecule has 2 heteroatoms. The van der Waals surface area contributed by atoms with Gasteiger partial charge < -0.3 is 4.48 Å². The molecular formula is C8H21N2+. The van der Waals surface area contributed by atoms with Crippen molar-refractivity contribution in [2.45, 2.75) is 19.9 Å². The Hall–Kier alpha value is -0.0800. The van der Waals surface area contributed by atoms with Gasteiger partial charge in [-0.15, -0.1) is 0 Å². The van der Waals surface area contributed by atoms with Crippen LogP contribution in [0.15, 0.2) is 0 Å². The second-order valence-corrected chi connectivity index (χ2v) is 4.09. The van der Waals surface area contributed by atoms with Crippen molar-refractivity contribution in [2.24, 2.45) is 0 Å². The van der Waals surface area contributed by atoms with Gasteiger partial charge in [0.05, 0.1) is 20.1 Å². The molecule has 0 aromatic heterocycles. The van der Waals surface area contributed by atoms with Gasteiger partial charge in [-0.1, -0.05) is 0 Å². The fourth-order valence-corrected chi connectivity index (χ4v) is 0.892. The molecule has 2 nitrogen and oxygen atoms in total. The van der Waals surface area contributed by atoms with Crippen molar-refractivity contribution in [2.75, 3.05) is 34.9 Å². The van der Waals surface area contributed by atoms with E-state index in [9.17, 15) is 0 Å². The Morgan fingerprint density at radius 1 is 1.20 bits per heavy atom. The van der Waals surface area contributed by atoms with Crippen molar-refractivity contribution >= 4 is 0 Å². The molecule has 0 aliphatic carbocycles. The van der Waals surface area contributed by atoms with E-state index in [-0.39, 0.29) is 0 Å². The van der Waals surface area contributed by atoms with E-state index in [4.69, 9.17) is 0 Å². The van der Waals surface area contributed by atoms with Crippen molar-refractivity contribution < 1.29 is 4.48 Å². The van der Waals surface area contributed by atoms with Crippen LogP contribution in [0.25, 0.3) is 0 Å². The van der Waals surface area contributed by atoms with E-state index in [0.717, 1.165) is 11.2 Å². The first-order chi connectivity index (χ1) is 4.36. The molecular weight excluding hydrogens is 124 g/mol. The third kappa shape index (κ3) is 3.18. The van der Waals surface area contributed by atoms with Gasteiger partial charge in [-0.3, -0.25) is 4.90 Å². The van der Waals surface area contributed by atoms with E-state index in [2.05, 4.69) is 46.9 Å². The van der Waals surface area contributed by atoms with Crippen LogP contribution in [0.2, 0.25) is 0 Å². The summed E-state index contributed by atoms with van der Waals surface area (Å²) in [6.45, 7) is 5.62. The topological polar surface area (TPSA) is 3.24 Å². The van der Waals surface area contributed by atoms with Crippen LogP contribution in [-0.4, -0.2) is 50.3 Å². The minimum absolute atomic E-state index is 0.697. The normalized spacial score (nSPS) is 13.2. The molecule has 0 aliphatic rings. The maximum Gasteiger partial charge on any atom is 0.134 e. The molecule has 0 aromatic rings. The summed E-state index contributed by atoms with van der Waals surface area (Å²) >= 11 is 0. The summed E-state index contributed by atoms with van der Waals surface area (Å²) in [7, 11) is 8.74. The lowest BCUT2D eigenvalue weighted by atomic mass is 10.3. The summed E-state index contributed by atoms with van der Waals surface area (Å²) in [6.07, 6.45) is 0. The molecule has 10 heavy (non-hydrogen) atoms. The molecule has 0 heterocycles. The summed E-state index contributed by atoms with van der Waals surface area (Å²) in [4.78, 5) is 2.22. The van der Waals surface area contributed by atoms with Crippen LogP contribution in [0.5, 0.6) is 0 Å². The minimum Gasteiger partial charge on any atom is -0.314 e. The Morgan fingerprint density at radius 3 is 1.70 bits per heavy atom. The second-order valence-electron chi connectivity index (χ2n) is 4.09. The summed E-state index contributed by atoms with van der Waals surface area (Å²) in [5.41, 5.74) is 0. The van der Waals surface area contributed by atoms with Crippen molar-refractivity contribution in [3.05, 3.63) is 0 Å². The average Bonchev–Trinajstić information content (AvgIpc) is 1.60. The molecule has 0 atom stereocenters. The number of rotatable bonds is 3. The van der Waals surface area contributed by atoms with Crippen molar-refractivity contribution in [1.29, 1.82) is 0 Å². The van der Waals surface area contributed by atoms with E-state index in [1.165, 1.54) is 0 Å². The molecule has 0 spiro atoms. The van der Waals surface area contributed by atoms with Gasteiger partial charge in [-0.2, -0.15) is 0 Å². The van der Waals surface area contributed by atoms with E-state index in [1.807, 2.05) is 0 Å². The van der Waals surface area contributed by atoms with Crippen molar-refractivity contribution in [3.63, 3.8) is 0 Å². The fourth-order valence-electron chi connectivity index (χ4n) is 0.892. The van der Waals surface area contributed by atoms with Gasteiger partial charge in [0.15, 0.2) is 0 Å². The summed E-state index contributed by atoms with van der Waals surface area (Å²) in [5, 5.41) is 0. The molecule has 0 bridgehead atoms. The number of hydrogen-bond acceptors (Lipinski definition) is 1. The lowest BCUT2D eigenvalue weighted by Crippen LogP contribution is -2.50. The molecule has 0 unspecified atom stereocenters. The van der Waals surface area contributed by atoms with Crippen LogP contribution in [0.4, 0.5) is 0 Å². The molecule has 0 N–H and O–H groups in total. The second kappa shape index (κ2) is 3.35. The van der Waals surface area contributed by atoms with Crippen LogP contribution in [0.1, 0.15) is 13.8 Å². The predicted molar refractivity (Wildman–Crippen MR) is 45.8 cm³/mol. The zero-order valence-corrected chi connectivity index (χ0v) is 8.18. The maximum absolute atomic E-state index is 2.25. The number of nitrogens with zero attached hydrogens (tertiary/aromatic N) is 2. The standard InChI is InChI=1S/C8H21N2/c1-8(2)10(5,6)7-9(3)4/h8H,7H2,1-6H3/q+1. The highest BCUT2D eigenvalue weighted by atomic mass is 15.4. The smallest absolute Gasteiger partial charge is 0.134 e. The van der Waals surface area contributed by atoms with Crippen molar-refractivity contribution in [1.82, 2.24) is 4.90 Å². The molecule has 0 rings (SSSR count). The Kier molecular flexibility index (Phi) is 3.33. The Labute approximate surface area is 65.0 Å². The fraction of sp³-hybridized carbons (Fsp3) is 1.00. The minimum atomic E-state index is 0.697. The quantitative estimate of drug-likeness (QED) is 0.423. The molecule has 0 amide bonds. The van der Waals surface area contributed by atoms with Gasteiger partial charge in [-0.25, -0.2) is 0 Å². The highest BCUT2D eigenvalue weighted by Gasteiger charge is 2.19.